The Morgan fingerprint density at radius 2 is 2.12 bits per heavy atom. The molecule has 1 rings (SSSR count). The number of ether oxygens (including phenoxy) is 1. The van der Waals surface area contributed by atoms with Gasteiger partial charge in [-0.1, -0.05) is 32.0 Å². The Morgan fingerprint density at radius 3 is 2.75 bits per heavy atom. The van der Waals surface area contributed by atoms with Crippen LogP contribution in [0.3, 0.4) is 0 Å². The lowest BCUT2D eigenvalue weighted by molar-refractivity contribution is -0.138. The zero-order chi connectivity index (χ0) is 12.0. The van der Waals surface area contributed by atoms with Gasteiger partial charge in [-0.2, -0.15) is 0 Å². The van der Waals surface area contributed by atoms with Crippen molar-refractivity contribution in [3.05, 3.63) is 35.9 Å². The van der Waals surface area contributed by atoms with Gasteiger partial charge in [-0.3, -0.25) is 0 Å². The van der Waals surface area contributed by atoms with Gasteiger partial charge in [0.1, 0.15) is 5.75 Å². The molecule has 0 bridgehead atoms. The summed E-state index contributed by atoms with van der Waals surface area (Å²) in [5, 5.41) is 9.44. The SMILES string of the molecule is CC(C)COC(=O)/C=C/c1ccccc1O. The first-order valence-electron chi connectivity index (χ1n) is 5.22. The van der Waals surface area contributed by atoms with E-state index in [1.54, 1.807) is 24.3 Å². The molecule has 1 aromatic carbocycles. The topological polar surface area (TPSA) is 46.5 Å². The highest BCUT2D eigenvalue weighted by Crippen LogP contribution is 2.16. The van der Waals surface area contributed by atoms with Gasteiger partial charge in [-0.25, -0.2) is 4.79 Å². The van der Waals surface area contributed by atoms with Gasteiger partial charge in [0.2, 0.25) is 0 Å². The summed E-state index contributed by atoms with van der Waals surface area (Å²) in [5.41, 5.74) is 0.601. The molecule has 0 fully saturated rings. The molecule has 3 nitrogen and oxygen atoms in total. The lowest BCUT2D eigenvalue weighted by Crippen LogP contribution is -2.06. The van der Waals surface area contributed by atoms with Gasteiger partial charge in [0.15, 0.2) is 0 Å². The molecule has 0 spiro atoms. The van der Waals surface area contributed by atoms with Crippen LogP contribution in [-0.2, 0) is 9.53 Å². The quantitative estimate of drug-likeness (QED) is 0.626. The van der Waals surface area contributed by atoms with Crippen LogP contribution in [-0.4, -0.2) is 17.7 Å². The third-order valence-corrected chi connectivity index (χ3v) is 1.89. The highest BCUT2D eigenvalue weighted by atomic mass is 16.5. The highest BCUT2D eigenvalue weighted by molar-refractivity contribution is 5.87. The maximum Gasteiger partial charge on any atom is 0.330 e. The molecule has 0 amide bonds. The molecule has 0 aromatic heterocycles. The first-order chi connectivity index (χ1) is 7.59. The van der Waals surface area contributed by atoms with Crippen molar-refractivity contribution in [2.24, 2.45) is 5.92 Å². The minimum Gasteiger partial charge on any atom is -0.507 e. The maximum absolute atomic E-state index is 11.2. The van der Waals surface area contributed by atoms with Gasteiger partial charge < -0.3 is 9.84 Å². The van der Waals surface area contributed by atoms with Crippen molar-refractivity contribution in [1.82, 2.24) is 0 Å². The second-order valence-corrected chi connectivity index (χ2v) is 3.92. The van der Waals surface area contributed by atoms with E-state index >= 15 is 0 Å². The van der Waals surface area contributed by atoms with E-state index in [1.807, 2.05) is 13.8 Å². The van der Waals surface area contributed by atoms with Gasteiger partial charge in [-0.05, 0) is 18.1 Å². The standard InChI is InChI=1S/C13H16O3/c1-10(2)9-16-13(15)8-7-11-5-3-4-6-12(11)14/h3-8,10,14H,9H2,1-2H3/b8-7+. The summed E-state index contributed by atoms with van der Waals surface area (Å²) in [6.07, 6.45) is 2.86. The van der Waals surface area contributed by atoms with Crippen LogP contribution in [0.4, 0.5) is 0 Å². The van der Waals surface area contributed by atoms with E-state index < -0.39 is 5.97 Å². The minimum atomic E-state index is -0.392. The van der Waals surface area contributed by atoms with Gasteiger partial charge >= 0.3 is 5.97 Å². The maximum atomic E-state index is 11.2. The number of aromatic hydroxyl groups is 1. The van der Waals surface area contributed by atoms with Crippen LogP contribution in [0.5, 0.6) is 5.75 Å². The predicted octanol–water partition coefficient (Wildman–Crippen LogP) is 2.60. The largest absolute Gasteiger partial charge is 0.507 e. The Bertz CT molecular complexity index is 381. The monoisotopic (exact) mass is 220 g/mol. The number of carbonyl (C=O) groups is 1. The van der Waals surface area contributed by atoms with Crippen LogP contribution in [0.1, 0.15) is 19.4 Å². The fraction of sp³-hybridized carbons (Fsp3) is 0.308. The Labute approximate surface area is 95.4 Å². The molecule has 0 saturated heterocycles. The fourth-order valence-corrected chi connectivity index (χ4v) is 1.08. The summed E-state index contributed by atoms with van der Waals surface area (Å²) in [7, 11) is 0. The molecule has 0 aliphatic heterocycles. The number of benzene rings is 1. The number of para-hydroxylation sites is 1. The van der Waals surface area contributed by atoms with E-state index in [1.165, 1.54) is 12.2 Å². The van der Waals surface area contributed by atoms with E-state index in [4.69, 9.17) is 4.74 Å². The minimum absolute atomic E-state index is 0.149. The van der Waals surface area contributed by atoms with Crippen LogP contribution < -0.4 is 0 Å². The summed E-state index contributed by atoms with van der Waals surface area (Å²) < 4.78 is 4.96. The van der Waals surface area contributed by atoms with Crippen molar-refractivity contribution in [2.45, 2.75) is 13.8 Å². The van der Waals surface area contributed by atoms with Gasteiger partial charge in [-0.15, -0.1) is 0 Å². The second kappa shape index (κ2) is 5.95. The van der Waals surface area contributed by atoms with Crippen LogP contribution in [0, 0.1) is 5.92 Å². The zero-order valence-corrected chi connectivity index (χ0v) is 9.51. The molecule has 0 heterocycles. The van der Waals surface area contributed by atoms with Gasteiger partial charge in [0.25, 0.3) is 0 Å². The predicted molar refractivity (Wildman–Crippen MR) is 62.9 cm³/mol. The van der Waals surface area contributed by atoms with Gasteiger partial charge in [0.05, 0.1) is 6.61 Å². The molecule has 1 N–H and O–H groups in total. The number of esters is 1. The van der Waals surface area contributed by atoms with Crippen LogP contribution >= 0.6 is 0 Å². The third kappa shape index (κ3) is 4.17. The number of carbonyl (C=O) groups excluding carboxylic acids is 1. The van der Waals surface area contributed by atoms with Crippen molar-refractivity contribution in [1.29, 1.82) is 0 Å². The van der Waals surface area contributed by atoms with Gasteiger partial charge in [0, 0.05) is 11.6 Å². The molecule has 0 unspecified atom stereocenters. The summed E-state index contributed by atoms with van der Waals surface area (Å²) in [5.74, 6) is 0.0786. The Balaban J connectivity index is 2.54. The zero-order valence-electron chi connectivity index (χ0n) is 9.51. The smallest absolute Gasteiger partial charge is 0.330 e. The summed E-state index contributed by atoms with van der Waals surface area (Å²) in [6.45, 7) is 4.35. The lowest BCUT2D eigenvalue weighted by Gasteiger charge is -2.04. The number of rotatable bonds is 4. The Morgan fingerprint density at radius 1 is 1.44 bits per heavy atom. The average molecular weight is 220 g/mol. The summed E-state index contributed by atoms with van der Waals surface area (Å²) in [4.78, 5) is 11.2. The fourth-order valence-electron chi connectivity index (χ4n) is 1.08. The van der Waals surface area contributed by atoms with Crippen molar-refractivity contribution < 1.29 is 14.6 Å². The van der Waals surface area contributed by atoms with Crippen LogP contribution in [0.2, 0.25) is 0 Å². The molecule has 0 aliphatic rings. The molecular formula is C13H16O3. The van der Waals surface area contributed by atoms with E-state index in [2.05, 4.69) is 0 Å². The summed E-state index contributed by atoms with van der Waals surface area (Å²) in [6, 6.07) is 6.81. The van der Waals surface area contributed by atoms with Crippen LogP contribution in [0.25, 0.3) is 6.08 Å². The number of phenolic OH excluding ortho intramolecular Hbond substituents is 1. The first-order valence-corrected chi connectivity index (χ1v) is 5.22. The van der Waals surface area contributed by atoms with Crippen LogP contribution in [0.15, 0.2) is 30.3 Å². The second-order valence-electron chi connectivity index (χ2n) is 3.92. The number of phenols is 1. The summed E-state index contributed by atoms with van der Waals surface area (Å²) >= 11 is 0. The van der Waals surface area contributed by atoms with E-state index in [9.17, 15) is 9.90 Å². The third-order valence-electron chi connectivity index (χ3n) is 1.89. The van der Waals surface area contributed by atoms with Crippen molar-refractivity contribution >= 4 is 12.0 Å². The molecule has 3 heteroatoms. The molecule has 1 aromatic rings. The Kier molecular flexibility index (Phi) is 4.58. The number of hydrogen-bond acceptors (Lipinski definition) is 3. The Hall–Kier alpha value is -1.77. The highest BCUT2D eigenvalue weighted by Gasteiger charge is 2.00. The van der Waals surface area contributed by atoms with E-state index in [-0.39, 0.29) is 5.75 Å². The normalized spacial score (nSPS) is 10.9. The van der Waals surface area contributed by atoms with E-state index in [0.717, 1.165) is 0 Å². The number of hydrogen-bond donors (Lipinski definition) is 1. The lowest BCUT2D eigenvalue weighted by atomic mass is 10.2. The first kappa shape index (κ1) is 12.3. The molecule has 16 heavy (non-hydrogen) atoms. The molecule has 86 valence electrons. The van der Waals surface area contributed by atoms with Crippen molar-refractivity contribution in [2.75, 3.05) is 6.61 Å². The van der Waals surface area contributed by atoms with Crippen molar-refractivity contribution in [3.8, 4) is 5.75 Å². The molecule has 0 radical (unpaired) electrons. The van der Waals surface area contributed by atoms with E-state index in [0.29, 0.717) is 18.1 Å². The average Bonchev–Trinajstić information content (AvgIpc) is 2.25. The molecular weight excluding hydrogens is 204 g/mol. The molecule has 0 atom stereocenters. The molecule has 0 aliphatic carbocycles. The van der Waals surface area contributed by atoms with Crippen molar-refractivity contribution in [3.63, 3.8) is 0 Å². The molecule has 0 saturated carbocycles.